The van der Waals surface area contributed by atoms with Gasteiger partial charge in [-0.15, -0.1) is 131 Å². The molecule has 0 unspecified atom stereocenters. The third-order valence-corrected chi connectivity index (χ3v) is 16.0. The molecule has 0 saturated heterocycles. The molecule has 0 fully saturated rings. The van der Waals surface area contributed by atoms with Crippen molar-refractivity contribution >= 4 is 105 Å². The fraction of sp³-hybridized carbons (Fsp3) is 0.109. The molecule has 15 rings (SSSR count). The Hall–Kier alpha value is -10.5. The van der Waals surface area contributed by atoms with E-state index >= 15 is 0 Å². The monoisotopic (exact) mass is 2510 g/mol. The predicted molar refractivity (Wildman–Crippen MR) is 446 cm³/mol. The average molecular weight is 2510 g/mol. The Bertz CT molecular complexity index is 5480. The van der Waals surface area contributed by atoms with Crippen LogP contribution in [0.25, 0.3) is 108 Å². The minimum atomic E-state index is -0.381. The van der Waals surface area contributed by atoms with Crippen LogP contribution in [0.15, 0.2) is 311 Å². The van der Waals surface area contributed by atoms with E-state index in [1.54, 1.807) is 53.1 Å². The summed E-state index contributed by atoms with van der Waals surface area (Å²) in [5.74, 6) is -0.291. The first-order valence-corrected chi connectivity index (χ1v) is 36.1. The second kappa shape index (κ2) is 56.8. The van der Waals surface area contributed by atoms with E-state index in [1.165, 1.54) is 161 Å². The van der Waals surface area contributed by atoms with Gasteiger partial charge in [0.2, 0.25) is 0 Å². The van der Waals surface area contributed by atoms with Gasteiger partial charge >= 0.3 is 0 Å². The van der Waals surface area contributed by atoms with Gasteiger partial charge in [-0.05, 0) is 115 Å². The van der Waals surface area contributed by atoms with E-state index < -0.39 is 0 Å². The molecular weight excluding hydrogens is 2430 g/mol. The van der Waals surface area contributed by atoms with Gasteiger partial charge in [-0.25, -0.2) is 11.3 Å². The number of para-hydroxylation sites is 3. The van der Waals surface area contributed by atoms with E-state index in [9.17, 15) is 32.8 Å². The number of aromatic nitrogens is 5. The molecule has 621 valence electrons. The molecule has 9 aromatic carbocycles. The number of rotatable bonds is 10. The maximum Gasteiger partial charge on any atom is 0.155 e. The summed E-state index contributed by atoms with van der Waals surface area (Å²) in [6.45, 7) is 14.2. The predicted octanol–water partition coefficient (Wildman–Crippen LogP) is 23.3. The molecule has 26 heteroatoms. The maximum absolute atomic E-state index is 13.5. The third-order valence-electron chi connectivity index (χ3n) is 13.9. The number of carbonyl (C=O) groups excluding carboxylic acids is 5. The zero-order valence-electron chi connectivity index (χ0n) is 65.0. The van der Waals surface area contributed by atoms with Crippen molar-refractivity contribution < 1.29 is 168 Å². The summed E-state index contributed by atoms with van der Waals surface area (Å²) in [5.41, 5.74) is 7.44. The Labute approximate surface area is 759 Å². The van der Waals surface area contributed by atoms with Crippen LogP contribution in [0.3, 0.4) is 0 Å². The fourth-order valence-electron chi connectivity index (χ4n) is 9.56. The Balaban J connectivity index is 0.000000669. The number of allylic oxidation sites excluding steroid dienone is 10. The zero-order chi connectivity index (χ0) is 82.2. The summed E-state index contributed by atoms with van der Waals surface area (Å²) in [6.07, 6.45) is 12.4. The number of thiazole rings is 1. The first-order valence-electron chi connectivity index (χ1n) is 34.5. The van der Waals surface area contributed by atoms with Gasteiger partial charge in [-0.2, -0.15) is 11.3 Å². The van der Waals surface area contributed by atoms with Gasteiger partial charge in [0.25, 0.3) is 0 Å². The van der Waals surface area contributed by atoms with E-state index in [4.69, 9.17) is 39.4 Å². The number of benzene rings is 9. The molecule has 0 aliphatic rings. The van der Waals surface area contributed by atoms with Crippen LogP contribution in [-0.4, -0.2) is 79.4 Å². The summed E-state index contributed by atoms with van der Waals surface area (Å²) in [6, 6.07) is 84.9. The Kier molecular flexibility index (Phi) is 50.7. The smallest absolute Gasteiger partial charge is 0.155 e. The number of hydrogen-bond donors (Lipinski definition) is 5. The Morgan fingerprint density at radius 1 is 0.398 bits per heavy atom. The second-order valence-electron chi connectivity index (χ2n) is 24.0. The quantitative estimate of drug-likeness (QED) is 0.0483. The van der Waals surface area contributed by atoms with Crippen molar-refractivity contribution in [3.63, 3.8) is 0 Å². The van der Waals surface area contributed by atoms with Gasteiger partial charge in [-0.3, -0.25) is 52.7 Å². The van der Waals surface area contributed by atoms with Crippen molar-refractivity contribution in [1.82, 2.24) is 24.9 Å². The molecule has 5 N–H and O–H groups in total. The van der Waals surface area contributed by atoms with Crippen molar-refractivity contribution in [3.8, 4) is 55.3 Å². The summed E-state index contributed by atoms with van der Waals surface area (Å²) in [4.78, 5) is 72.7. The molecule has 6 heterocycles. The second-order valence-corrected chi connectivity index (χ2v) is 26.1. The molecule has 0 aliphatic carbocycles. The van der Waals surface area contributed by atoms with Crippen LogP contribution in [0.1, 0.15) is 69.2 Å². The SMILES string of the molecule is CC(=O)C=C(C)O.CC(=O)C=C(C)O.CC(=O)C=C(C)O.CC(=O)C=C(C)O.CC(=O)C=C(C)O.Fc1c[c-]c(-c2ncco2)cc1.Fc1ccc[c-]c1-c1nc2ccccc2o1.[Ir].[Ir].[Ir].[Ir].[Ir].[c-]1c(-c2ccccn2)ccc2ccccc12.[c-]1c(-c2ccccn2)sc2ccccc12.[c-]1ccc2ccccc2c1-c1nc2ccccc2s1. The molecule has 0 atom stereocenters. The number of aliphatic hydroxyl groups is 5. The van der Waals surface area contributed by atoms with E-state index in [1.807, 2.05) is 91.1 Å². The normalized spacial score (nSPS) is 10.5. The van der Waals surface area contributed by atoms with Gasteiger partial charge in [0, 0.05) is 176 Å². The fourth-order valence-corrected chi connectivity index (χ4v) is 11.5. The molecule has 0 amide bonds. The van der Waals surface area contributed by atoms with Crippen LogP contribution in [0, 0.1) is 42.0 Å². The summed E-state index contributed by atoms with van der Waals surface area (Å²) in [5, 5.41) is 48.8. The molecular formula is C92H80F2Ir5N5O12S2-5. The number of fused-ring (bicyclic) bond motifs is 5. The zero-order valence-corrected chi connectivity index (χ0v) is 78.7. The Morgan fingerprint density at radius 2 is 0.890 bits per heavy atom. The number of oxazole rings is 2. The van der Waals surface area contributed by atoms with Gasteiger partial charge in [0.05, 0.1) is 52.3 Å². The van der Waals surface area contributed by atoms with Crippen molar-refractivity contribution in [2.75, 3.05) is 0 Å². The third kappa shape index (κ3) is 39.2. The average Bonchev–Trinajstić information content (AvgIpc) is 1.45. The maximum atomic E-state index is 13.5. The molecule has 6 aromatic heterocycles. The van der Waals surface area contributed by atoms with Crippen molar-refractivity contribution in [2.45, 2.75) is 69.2 Å². The van der Waals surface area contributed by atoms with E-state index in [2.05, 4.69) is 141 Å². The number of pyridine rings is 2. The summed E-state index contributed by atoms with van der Waals surface area (Å²) < 4.78 is 38.8. The molecule has 15 aromatic rings. The number of thiophene rings is 1. The number of carbonyl (C=O) groups is 5. The molecule has 0 spiro atoms. The molecule has 0 saturated carbocycles. The van der Waals surface area contributed by atoms with Crippen molar-refractivity contribution in [1.29, 1.82) is 0 Å². The number of nitrogens with zero attached hydrogens (tertiary/aromatic N) is 5. The number of halogens is 2. The number of aliphatic hydroxyl groups excluding tert-OH is 5. The topological polar surface area (TPSA) is 277 Å². The van der Waals surface area contributed by atoms with Gasteiger partial charge in [-0.1, -0.05) is 131 Å². The minimum absolute atomic E-state index is 0. The van der Waals surface area contributed by atoms with Crippen LogP contribution in [0.2, 0.25) is 0 Å². The molecule has 17 nitrogen and oxygen atoms in total. The van der Waals surface area contributed by atoms with Crippen LogP contribution >= 0.6 is 22.7 Å². The van der Waals surface area contributed by atoms with Gasteiger partial charge < -0.3 is 39.4 Å². The molecule has 0 aliphatic heterocycles. The first kappa shape index (κ1) is 105. The summed E-state index contributed by atoms with van der Waals surface area (Å²) >= 11 is 3.46. The van der Waals surface area contributed by atoms with Crippen LogP contribution < -0.4 is 0 Å². The van der Waals surface area contributed by atoms with Crippen LogP contribution in [-0.2, 0) is 124 Å². The standard InChI is InChI=1S/C17H10NS.C15H10N.C13H7FNO.C13H8NS.C9H5FNO.5C5H8O2.5Ir/c1-2-8-13-12(6-1)7-5-9-14(13)17-18-15-10-3-4-11-16(15)19-17;1-2-6-13-11-14(9-8-12(13)5-1)15-7-3-4-10-16-15;14-10-6-2-1-5-9(10)13-15-11-7-3-4-8-12(11)16-13;1-2-7-12-10(5-1)9-13(15-12)11-6-3-4-8-14-11;10-8-3-1-7(2-4-8)9-11-5-6-12-9;5*1-4(6)3-5(2)7;;;;;/h1-8,10-11H;1-10H;1-4,6-8H;1-8H;1,3-6H;5*3,6H,1-2H3;;;;;/q5*-1;;;;;;;;;;. The van der Waals surface area contributed by atoms with Crippen LogP contribution in [0.4, 0.5) is 8.78 Å². The molecule has 118 heavy (non-hydrogen) atoms. The largest absolute Gasteiger partial charge is 0.512 e. The summed E-state index contributed by atoms with van der Waals surface area (Å²) in [7, 11) is 0. The Morgan fingerprint density at radius 3 is 1.38 bits per heavy atom. The molecule has 0 bridgehead atoms. The van der Waals surface area contributed by atoms with E-state index in [-0.39, 0.29) is 181 Å². The van der Waals surface area contributed by atoms with E-state index in [0.29, 0.717) is 22.6 Å². The van der Waals surface area contributed by atoms with Gasteiger partial charge in [0.1, 0.15) is 17.4 Å². The number of ketones is 5. The number of hydrogen-bond acceptors (Lipinski definition) is 19. The van der Waals surface area contributed by atoms with Crippen molar-refractivity contribution in [3.05, 3.63) is 344 Å². The van der Waals surface area contributed by atoms with Crippen LogP contribution in [0.5, 0.6) is 0 Å². The minimum Gasteiger partial charge on any atom is -0.512 e. The van der Waals surface area contributed by atoms with Crippen molar-refractivity contribution in [2.24, 2.45) is 0 Å². The van der Waals surface area contributed by atoms with Gasteiger partial charge in [0.15, 0.2) is 28.9 Å². The van der Waals surface area contributed by atoms with E-state index in [0.717, 1.165) is 43.3 Å². The first-order chi connectivity index (χ1) is 54.1. The molecule has 5 radical (unpaired) electrons.